The van der Waals surface area contributed by atoms with E-state index in [2.05, 4.69) is 11.0 Å². The average Bonchev–Trinajstić information content (AvgIpc) is 2.91. The monoisotopic (exact) mass is 469 g/mol. The number of aromatic carboxylic acids is 1. The normalized spacial score (nSPS) is 14.5. The van der Waals surface area contributed by atoms with Crippen LogP contribution < -0.4 is 19.1 Å². The molecule has 0 saturated carbocycles. The average molecular weight is 469 g/mol. The van der Waals surface area contributed by atoms with Gasteiger partial charge in [-0.15, -0.1) is 0 Å². The molecular formula is C27H23N3O5. The Labute approximate surface area is 201 Å². The number of aromatic nitrogens is 2. The molecule has 0 amide bonds. The van der Waals surface area contributed by atoms with E-state index in [-0.39, 0.29) is 5.56 Å². The van der Waals surface area contributed by atoms with Crippen LogP contribution in [0.2, 0.25) is 0 Å². The molecule has 0 unspecified atom stereocenters. The number of carboxylic acid groups (broad SMARTS) is 1. The maximum absolute atomic E-state index is 11.6. The SMILES string of the molecule is COc1ccc2c(c1)N(c1nc3cc(C(=O)O)ccc3nc1-c1ccc3c(c1)OCCO3)CCC2. The van der Waals surface area contributed by atoms with Crippen molar-refractivity contribution in [1.29, 1.82) is 0 Å². The van der Waals surface area contributed by atoms with Gasteiger partial charge in [0.25, 0.3) is 0 Å². The first-order valence-corrected chi connectivity index (χ1v) is 11.5. The summed E-state index contributed by atoms with van der Waals surface area (Å²) in [6.45, 7) is 1.76. The maximum Gasteiger partial charge on any atom is 0.335 e. The Kier molecular flexibility index (Phi) is 5.13. The van der Waals surface area contributed by atoms with Gasteiger partial charge in [-0.2, -0.15) is 0 Å². The number of hydrogen-bond donors (Lipinski definition) is 1. The van der Waals surface area contributed by atoms with E-state index < -0.39 is 5.97 Å². The predicted octanol–water partition coefficient (Wildman–Crippen LogP) is 4.86. The fourth-order valence-electron chi connectivity index (χ4n) is 4.65. The predicted molar refractivity (Wildman–Crippen MR) is 131 cm³/mol. The summed E-state index contributed by atoms with van der Waals surface area (Å²) >= 11 is 0. The van der Waals surface area contributed by atoms with Crippen LogP contribution in [0, 0.1) is 0 Å². The van der Waals surface area contributed by atoms with Crippen LogP contribution in [-0.2, 0) is 6.42 Å². The van der Waals surface area contributed by atoms with Crippen molar-refractivity contribution in [3.63, 3.8) is 0 Å². The highest BCUT2D eigenvalue weighted by atomic mass is 16.6. The lowest BCUT2D eigenvalue weighted by molar-refractivity contribution is 0.0697. The molecule has 0 bridgehead atoms. The number of rotatable bonds is 4. The van der Waals surface area contributed by atoms with Gasteiger partial charge in [-0.1, -0.05) is 6.07 Å². The van der Waals surface area contributed by atoms with Crippen LogP contribution in [0.1, 0.15) is 22.3 Å². The van der Waals surface area contributed by atoms with E-state index in [1.165, 1.54) is 5.56 Å². The van der Waals surface area contributed by atoms with Crippen molar-refractivity contribution in [2.75, 3.05) is 31.8 Å². The molecule has 2 aliphatic heterocycles. The minimum Gasteiger partial charge on any atom is -0.497 e. The van der Waals surface area contributed by atoms with Crippen molar-refractivity contribution < 1.29 is 24.1 Å². The van der Waals surface area contributed by atoms with Crippen LogP contribution >= 0.6 is 0 Å². The molecule has 2 aliphatic rings. The molecule has 35 heavy (non-hydrogen) atoms. The minimum absolute atomic E-state index is 0.172. The second kappa shape index (κ2) is 8.47. The highest BCUT2D eigenvalue weighted by Gasteiger charge is 2.25. The molecular weight excluding hydrogens is 446 g/mol. The van der Waals surface area contributed by atoms with Crippen molar-refractivity contribution in [2.24, 2.45) is 0 Å². The van der Waals surface area contributed by atoms with Gasteiger partial charge >= 0.3 is 5.97 Å². The summed E-state index contributed by atoms with van der Waals surface area (Å²) in [7, 11) is 1.65. The highest BCUT2D eigenvalue weighted by Crippen LogP contribution is 2.42. The van der Waals surface area contributed by atoms with Gasteiger partial charge in [0.05, 0.1) is 23.7 Å². The Morgan fingerprint density at radius 2 is 1.83 bits per heavy atom. The summed E-state index contributed by atoms with van der Waals surface area (Å²) in [5.74, 6) is 1.79. The lowest BCUT2D eigenvalue weighted by Crippen LogP contribution is -2.26. The van der Waals surface area contributed by atoms with Crippen molar-refractivity contribution in [3.05, 3.63) is 65.7 Å². The first kappa shape index (κ1) is 21.2. The van der Waals surface area contributed by atoms with Gasteiger partial charge in [0.1, 0.15) is 24.7 Å². The topological polar surface area (TPSA) is 94.0 Å². The number of fused-ring (bicyclic) bond motifs is 3. The quantitative estimate of drug-likeness (QED) is 0.453. The smallest absolute Gasteiger partial charge is 0.335 e. The third kappa shape index (κ3) is 3.77. The maximum atomic E-state index is 11.6. The fraction of sp³-hybridized carbons (Fsp3) is 0.222. The zero-order valence-electron chi connectivity index (χ0n) is 19.2. The van der Waals surface area contributed by atoms with E-state index in [0.717, 1.165) is 36.4 Å². The molecule has 3 aromatic carbocycles. The van der Waals surface area contributed by atoms with Gasteiger partial charge in [0.15, 0.2) is 17.3 Å². The molecule has 8 heteroatoms. The molecule has 1 N–H and O–H groups in total. The van der Waals surface area contributed by atoms with Gasteiger partial charge in [-0.3, -0.25) is 0 Å². The van der Waals surface area contributed by atoms with E-state index in [1.54, 1.807) is 25.3 Å². The van der Waals surface area contributed by atoms with E-state index in [9.17, 15) is 9.90 Å². The molecule has 0 spiro atoms. The lowest BCUT2D eigenvalue weighted by atomic mass is 10.0. The molecule has 3 heterocycles. The van der Waals surface area contributed by atoms with Crippen LogP contribution in [0.3, 0.4) is 0 Å². The summed E-state index contributed by atoms with van der Waals surface area (Å²) in [5.41, 5.74) is 5.06. The number of ether oxygens (including phenoxy) is 3. The molecule has 8 nitrogen and oxygen atoms in total. The van der Waals surface area contributed by atoms with Crippen LogP contribution in [0.5, 0.6) is 17.2 Å². The lowest BCUT2D eigenvalue weighted by Gasteiger charge is -2.32. The number of carbonyl (C=O) groups is 1. The van der Waals surface area contributed by atoms with Gasteiger partial charge in [0, 0.05) is 23.9 Å². The van der Waals surface area contributed by atoms with E-state index in [1.807, 2.05) is 30.3 Å². The molecule has 0 saturated heterocycles. The fourth-order valence-corrected chi connectivity index (χ4v) is 4.65. The first-order chi connectivity index (χ1) is 17.1. The van der Waals surface area contributed by atoms with Gasteiger partial charge in [-0.05, 0) is 60.9 Å². The number of carboxylic acids is 1. The zero-order valence-corrected chi connectivity index (χ0v) is 19.2. The summed E-state index contributed by atoms with van der Waals surface area (Å²) in [4.78, 5) is 23.7. The van der Waals surface area contributed by atoms with Crippen molar-refractivity contribution >= 4 is 28.5 Å². The molecule has 4 aromatic rings. The van der Waals surface area contributed by atoms with Crippen LogP contribution in [0.4, 0.5) is 11.5 Å². The van der Waals surface area contributed by atoms with E-state index >= 15 is 0 Å². The van der Waals surface area contributed by atoms with E-state index in [0.29, 0.717) is 47.3 Å². The van der Waals surface area contributed by atoms with Crippen LogP contribution in [0.15, 0.2) is 54.6 Å². The summed E-state index contributed by atoms with van der Waals surface area (Å²) in [6.07, 6.45) is 1.91. The second-order valence-corrected chi connectivity index (χ2v) is 8.51. The number of anilines is 2. The van der Waals surface area contributed by atoms with E-state index in [4.69, 9.17) is 24.2 Å². The zero-order chi connectivity index (χ0) is 23.9. The Bertz CT molecular complexity index is 1470. The summed E-state index contributed by atoms with van der Waals surface area (Å²) in [6, 6.07) is 16.7. The molecule has 0 aliphatic carbocycles. The minimum atomic E-state index is -1.00. The Hall–Kier alpha value is -4.33. The molecule has 6 rings (SSSR count). The Morgan fingerprint density at radius 1 is 0.971 bits per heavy atom. The number of hydrogen-bond acceptors (Lipinski definition) is 7. The largest absolute Gasteiger partial charge is 0.497 e. The van der Waals surface area contributed by atoms with Crippen molar-refractivity contribution in [2.45, 2.75) is 12.8 Å². The molecule has 0 radical (unpaired) electrons. The molecule has 176 valence electrons. The summed E-state index contributed by atoms with van der Waals surface area (Å²) < 4.78 is 17.0. The molecule has 1 aromatic heterocycles. The number of nitrogens with zero attached hydrogens (tertiary/aromatic N) is 3. The number of benzene rings is 3. The highest BCUT2D eigenvalue weighted by molar-refractivity contribution is 5.94. The van der Waals surface area contributed by atoms with Crippen molar-refractivity contribution in [3.8, 4) is 28.5 Å². The van der Waals surface area contributed by atoms with Gasteiger partial charge < -0.3 is 24.2 Å². The second-order valence-electron chi connectivity index (χ2n) is 8.51. The molecule has 0 fully saturated rings. The van der Waals surface area contributed by atoms with Crippen LogP contribution in [0.25, 0.3) is 22.3 Å². The Morgan fingerprint density at radius 3 is 2.66 bits per heavy atom. The van der Waals surface area contributed by atoms with Crippen LogP contribution in [-0.4, -0.2) is 47.9 Å². The summed E-state index contributed by atoms with van der Waals surface area (Å²) in [5, 5.41) is 9.50. The third-order valence-corrected chi connectivity index (χ3v) is 6.38. The van der Waals surface area contributed by atoms with Crippen molar-refractivity contribution in [1.82, 2.24) is 9.97 Å². The number of methoxy groups -OCH3 is 1. The third-order valence-electron chi connectivity index (χ3n) is 6.38. The van der Waals surface area contributed by atoms with Gasteiger partial charge in [-0.25, -0.2) is 14.8 Å². The van der Waals surface area contributed by atoms with Gasteiger partial charge in [0.2, 0.25) is 0 Å². The first-order valence-electron chi connectivity index (χ1n) is 11.5. The standard InChI is InChI=1S/C27H23N3O5/c1-33-19-7-4-16-3-2-10-30(22(16)15-19)26-25(17-6-9-23-24(14-17)35-12-11-34-23)28-20-8-5-18(27(31)32)13-21(20)29-26/h4-9,13-15H,2-3,10-12H2,1H3,(H,31,32). The number of aryl methyl sites for hydroxylation is 1. The molecule has 0 atom stereocenters. The Balaban J connectivity index is 1.58.